The second kappa shape index (κ2) is 10.3. The van der Waals surface area contributed by atoms with Crippen LogP contribution in [0.5, 0.6) is 0 Å². The second-order valence-electron chi connectivity index (χ2n) is 8.77. The lowest BCUT2D eigenvalue weighted by Gasteiger charge is -2.35. The van der Waals surface area contributed by atoms with E-state index in [2.05, 4.69) is 12.1 Å². The number of rotatable bonds is 7. The van der Waals surface area contributed by atoms with Crippen LogP contribution in [0, 0.1) is 0 Å². The van der Waals surface area contributed by atoms with Crippen molar-refractivity contribution in [2.75, 3.05) is 39.3 Å². The van der Waals surface area contributed by atoms with Crippen molar-refractivity contribution in [3.63, 3.8) is 0 Å². The van der Waals surface area contributed by atoms with Gasteiger partial charge in [0, 0.05) is 32.7 Å². The molecule has 2 aliphatic rings. The number of sulfonamides is 1. The average Bonchev–Trinajstić information content (AvgIpc) is 2.82. The minimum Gasteiger partial charge on any atom is -0.389 e. The van der Waals surface area contributed by atoms with Crippen LogP contribution in [0.15, 0.2) is 53.4 Å². The number of piperazine rings is 1. The number of hydrogen-bond donors (Lipinski definition) is 1. The third-order valence-corrected chi connectivity index (χ3v) is 8.37. The Morgan fingerprint density at radius 2 is 1.71 bits per heavy atom. The lowest BCUT2D eigenvalue weighted by molar-refractivity contribution is -0.139. The van der Waals surface area contributed by atoms with Crippen LogP contribution in [-0.2, 0) is 27.4 Å². The highest BCUT2D eigenvalue weighted by Gasteiger charge is 2.39. The summed E-state index contributed by atoms with van der Waals surface area (Å²) in [6.45, 7) is 1.21. The van der Waals surface area contributed by atoms with Gasteiger partial charge in [-0.3, -0.25) is 4.90 Å². The standard InChI is InChI=1S/C24H29F3N2O4S/c25-24(26,27)21-9-3-4-11-23(21)34(31,32)29-14-12-28(13-15-29)16-19(30)17-33-22-10-5-7-18-6-1-2-8-20(18)22/h1-4,6,8-9,11,19,22,30H,5,7,10,12-17H2/t19-,22-/m1/s1. The highest BCUT2D eigenvalue weighted by molar-refractivity contribution is 7.89. The fourth-order valence-corrected chi connectivity index (χ4v) is 6.31. The predicted molar refractivity (Wildman–Crippen MR) is 121 cm³/mol. The first-order chi connectivity index (χ1) is 16.2. The first-order valence-electron chi connectivity index (χ1n) is 11.4. The molecule has 34 heavy (non-hydrogen) atoms. The summed E-state index contributed by atoms with van der Waals surface area (Å²) in [5.74, 6) is 0. The van der Waals surface area contributed by atoms with Crippen molar-refractivity contribution in [2.45, 2.75) is 42.5 Å². The smallest absolute Gasteiger partial charge is 0.389 e. The number of benzene rings is 2. The molecular weight excluding hydrogens is 469 g/mol. The zero-order chi connectivity index (χ0) is 24.3. The fourth-order valence-electron chi connectivity index (χ4n) is 4.68. The van der Waals surface area contributed by atoms with Crippen LogP contribution in [-0.4, -0.2) is 68.2 Å². The van der Waals surface area contributed by atoms with E-state index in [4.69, 9.17) is 4.74 Å². The van der Waals surface area contributed by atoms with E-state index >= 15 is 0 Å². The molecular formula is C24H29F3N2O4S. The topological polar surface area (TPSA) is 70.1 Å². The van der Waals surface area contributed by atoms with Crippen molar-refractivity contribution in [1.82, 2.24) is 9.21 Å². The largest absolute Gasteiger partial charge is 0.417 e. The van der Waals surface area contributed by atoms with E-state index in [0.29, 0.717) is 19.6 Å². The molecule has 1 fully saturated rings. The number of aliphatic hydroxyl groups is 1. The van der Waals surface area contributed by atoms with Gasteiger partial charge in [0.25, 0.3) is 0 Å². The van der Waals surface area contributed by atoms with Gasteiger partial charge in [-0.05, 0) is 42.5 Å². The summed E-state index contributed by atoms with van der Waals surface area (Å²) >= 11 is 0. The molecule has 0 amide bonds. The Morgan fingerprint density at radius 3 is 2.44 bits per heavy atom. The Labute approximate surface area is 198 Å². The Kier molecular flexibility index (Phi) is 7.63. The maximum atomic E-state index is 13.3. The number of alkyl halides is 3. The van der Waals surface area contributed by atoms with Crippen molar-refractivity contribution >= 4 is 10.0 Å². The van der Waals surface area contributed by atoms with Crippen LogP contribution >= 0.6 is 0 Å². The van der Waals surface area contributed by atoms with E-state index < -0.39 is 32.8 Å². The molecule has 0 radical (unpaired) electrons. The minimum absolute atomic E-state index is 0.0460. The number of hydrogen-bond acceptors (Lipinski definition) is 5. The molecule has 1 heterocycles. The number of aliphatic hydroxyl groups excluding tert-OH is 1. The van der Waals surface area contributed by atoms with Crippen LogP contribution in [0.1, 0.15) is 35.6 Å². The third-order valence-electron chi connectivity index (χ3n) is 6.41. The van der Waals surface area contributed by atoms with Gasteiger partial charge in [0.2, 0.25) is 10.0 Å². The number of nitrogens with zero attached hydrogens (tertiary/aromatic N) is 2. The van der Waals surface area contributed by atoms with Gasteiger partial charge in [-0.2, -0.15) is 17.5 Å². The van der Waals surface area contributed by atoms with E-state index in [1.165, 1.54) is 23.3 Å². The van der Waals surface area contributed by atoms with Crippen molar-refractivity contribution in [1.29, 1.82) is 0 Å². The second-order valence-corrected chi connectivity index (χ2v) is 10.7. The van der Waals surface area contributed by atoms with Gasteiger partial charge >= 0.3 is 6.18 Å². The maximum absolute atomic E-state index is 13.3. The highest BCUT2D eigenvalue weighted by Crippen LogP contribution is 2.35. The summed E-state index contributed by atoms with van der Waals surface area (Å²) in [6, 6.07) is 12.4. The molecule has 2 atom stereocenters. The van der Waals surface area contributed by atoms with Gasteiger partial charge in [-0.1, -0.05) is 36.4 Å². The number of β-amino-alcohol motifs (C(OH)–C–C–N with tert-alkyl or cyclic N) is 1. The average molecular weight is 499 g/mol. The molecule has 2 aromatic carbocycles. The lowest BCUT2D eigenvalue weighted by atomic mass is 9.89. The molecule has 0 bridgehead atoms. The normalized spacial score (nSPS) is 21.2. The van der Waals surface area contributed by atoms with E-state index in [-0.39, 0.29) is 25.8 Å². The van der Waals surface area contributed by atoms with E-state index in [1.54, 1.807) is 0 Å². The summed E-state index contributed by atoms with van der Waals surface area (Å²) in [6.07, 6.45) is -2.59. The van der Waals surface area contributed by atoms with Crippen LogP contribution in [0.4, 0.5) is 13.2 Å². The Balaban J connectivity index is 1.30. The van der Waals surface area contributed by atoms with Gasteiger partial charge in [0.1, 0.15) is 0 Å². The first-order valence-corrected chi connectivity index (χ1v) is 12.9. The molecule has 10 heteroatoms. The predicted octanol–water partition coefficient (Wildman–Crippen LogP) is 3.47. The zero-order valence-corrected chi connectivity index (χ0v) is 19.6. The van der Waals surface area contributed by atoms with Crippen LogP contribution in [0.25, 0.3) is 0 Å². The Bertz CT molecular complexity index is 1090. The molecule has 0 aromatic heterocycles. The van der Waals surface area contributed by atoms with Crippen molar-refractivity contribution in [3.8, 4) is 0 Å². The van der Waals surface area contributed by atoms with Crippen LogP contribution < -0.4 is 0 Å². The van der Waals surface area contributed by atoms with E-state index in [0.717, 1.165) is 35.7 Å². The SMILES string of the molecule is O=S(=O)(c1ccccc1C(F)(F)F)N1CCN(C[C@@H](O)CO[C@@H]2CCCc3ccccc32)CC1. The molecule has 4 rings (SSSR count). The number of ether oxygens (including phenoxy) is 1. The number of aryl methyl sites for hydroxylation is 1. The van der Waals surface area contributed by atoms with Crippen molar-refractivity contribution < 1.29 is 31.4 Å². The van der Waals surface area contributed by atoms with Gasteiger partial charge < -0.3 is 9.84 Å². The summed E-state index contributed by atoms with van der Waals surface area (Å²) in [5, 5.41) is 10.5. The molecule has 2 aromatic rings. The summed E-state index contributed by atoms with van der Waals surface area (Å²) in [7, 11) is -4.28. The molecule has 1 N–H and O–H groups in total. The van der Waals surface area contributed by atoms with Crippen molar-refractivity contribution in [3.05, 3.63) is 65.2 Å². The quantitative estimate of drug-likeness (QED) is 0.633. The molecule has 186 valence electrons. The molecule has 1 aliphatic carbocycles. The zero-order valence-electron chi connectivity index (χ0n) is 18.7. The Morgan fingerprint density at radius 1 is 1.03 bits per heavy atom. The highest BCUT2D eigenvalue weighted by atomic mass is 32.2. The molecule has 0 saturated carbocycles. The molecule has 6 nitrogen and oxygen atoms in total. The van der Waals surface area contributed by atoms with E-state index in [1.807, 2.05) is 17.0 Å². The summed E-state index contributed by atoms with van der Waals surface area (Å²) < 4.78 is 72.8. The number of halogens is 3. The van der Waals surface area contributed by atoms with Gasteiger partial charge in [-0.25, -0.2) is 8.42 Å². The number of fused-ring (bicyclic) bond motifs is 1. The lowest BCUT2D eigenvalue weighted by Crippen LogP contribution is -2.50. The van der Waals surface area contributed by atoms with E-state index in [9.17, 15) is 26.7 Å². The Hall–Kier alpha value is -1.98. The molecule has 0 unspecified atom stereocenters. The monoisotopic (exact) mass is 498 g/mol. The fraction of sp³-hybridized carbons (Fsp3) is 0.500. The van der Waals surface area contributed by atoms with Crippen LogP contribution in [0.2, 0.25) is 0 Å². The maximum Gasteiger partial charge on any atom is 0.417 e. The first kappa shape index (κ1) is 25.1. The van der Waals surface area contributed by atoms with Crippen LogP contribution in [0.3, 0.4) is 0 Å². The molecule has 1 aliphatic heterocycles. The van der Waals surface area contributed by atoms with Gasteiger partial charge in [0.15, 0.2) is 0 Å². The van der Waals surface area contributed by atoms with Gasteiger partial charge in [0.05, 0.1) is 29.3 Å². The summed E-state index contributed by atoms with van der Waals surface area (Å²) in [5.41, 5.74) is 1.28. The third kappa shape index (κ3) is 5.63. The minimum atomic E-state index is -4.76. The molecule has 1 saturated heterocycles. The molecule has 0 spiro atoms. The summed E-state index contributed by atoms with van der Waals surface area (Å²) in [4.78, 5) is 1.18. The van der Waals surface area contributed by atoms with Gasteiger partial charge in [-0.15, -0.1) is 0 Å². The van der Waals surface area contributed by atoms with Crippen molar-refractivity contribution in [2.24, 2.45) is 0 Å².